The smallest absolute Gasteiger partial charge is 0.0713 e. The van der Waals surface area contributed by atoms with E-state index < -0.39 is 0 Å². The zero-order chi connectivity index (χ0) is 9.54. The Morgan fingerprint density at radius 2 is 2.07 bits per heavy atom. The number of hydrogen-bond donors (Lipinski definition) is 0. The fourth-order valence-electron chi connectivity index (χ4n) is 1.75. The number of fused-ring (bicyclic) bond motifs is 1. The summed E-state index contributed by atoms with van der Waals surface area (Å²) < 4.78 is 1.09. The number of halogens is 1. The molecule has 2 heteroatoms. The maximum atomic E-state index is 4.47. The van der Waals surface area contributed by atoms with E-state index in [9.17, 15) is 0 Å². The predicted molar refractivity (Wildman–Crippen MR) is 61.4 cm³/mol. The first kappa shape index (κ1) is 8.42. The minimum absolute atomic E-state index is 0.788. The van der Waals surface area contributed by atoms with Gasteiger partial charge in [0.1, 0.15) is 0 Å². The molecular formula is C12H10BrN. The molecule has 1 saturated carbocycles. The Balaban J connectivity index is 2.18. The Labute approximate surface area is 91.3 Å². The highest BCUT2D eigenvalue weighted by Crippen LogP contribution is 2.40. The van der Waals surface area contributed by atoms with E-state index in [0.29, 0.717) is 0 Å². The molecule has 0 aliphatic heterocycles. The van der Waals surface area contributed by atoms with Gasteiger partial charge >= 0.3 is 0 Å². The van der Waals surface area contributed by atoms with Crippen LogP contribution in [0.5, 0.6) is 0 Å². The van der Waals surface area contributed by atoms with Crippen molar-refractivity contribution < 1.29 is 0 Å². The van der Waals surface area contributed by atoms with Crippen molar-refractivity contribution in [3.05, 3.63) is 40.5 Å². The van der Waals surface area contributed by atoms with Gasteiger partial charge < -0.3 is 0 Å². The Hall–Kier alpha value is -0.890. The summed E-state index contributed by atoms with van der Waals surface area (Å²) in [5.74, 6) is 0.788. The monoisotopic (exact) mass is 247 g/mol. The normalized spacial score (nSPS) is 16.1. The summed E-state index contributed by atoms with van der Waals surface area (Å²) in [6.45, 7) is 0. The number of pyridine rings is 1. The van der Waals surface area contributed by atoms with Crippen molar-refractivity contribution in [2.24, 2.45) is 0 Å². The van der Waals surface area contributed by atoms with E-state index in [1.165, 1.54) is 23.8 Å². The average Bonchev–Trinajstić information content (AvgIpc) is 3.00. The topological polar surface area (TPSA) is 12.9 Å². The van der Waals surface area contributed by atoms with Crippen molar-refractivity contribution in [1.29, 1.82) is 0 Å². The van der Waals surface area contributed by atoms with Gasteiger partial charge in [-0.3, -0.25) is 4.98 Å². The molecular weight excluding hydrogens is 238 g/mol. The van der Waals surface area contributed by atoms with E-state index in [0.717, 1.165) is 15.9 Å². The molecule has 70 valence electrons. The van der Waals surface area contributed by atoms with Gasteiger partial charge in [-0.1, -0.05) is 22.0 Å². The molecule has 0 bridgehead atoms. The third kappa shape index (κ3) is 1.44. The second kappa shape index (κ2) is 3.06. The van der Waals surface area contributed by atoms with Crippen molar-refractivity contribution in [2.75, 3.05) is 0 Å². The molecule has 0 radical (unpaired) electrons. The highest BCUT2D eigenvalue weighted by molar-refractivity contribution is 9.10. The highest BCUT2D eigenvalue weighted by atomic mass is 79.9. The largest absolute Gasteiger partial charge is 0.256 e. The van der Waals surface area contributed by atoms with Crippen LogP contribution in [0.3, 0.4) is 0 Å². The van der Waals surface area contributed by atoms with Gasteiger partial charge in [-0.15, -0.1) is 0 Å². The van der Waals surface area contributed by atoms with Crippen molar-refractivity contribution in [3.63, 3.8) is 0 Å². The number of benzene rings is 1. The van der Waals surface area contributed by atoms with Crippen LogP contribution < -0.4 is 0 Å². The van der Waals surface area contributed by atoms with E-state index in [-0.39, 0.29) is 0 Å². The van der Waals surface area contributed by atoms with Gasteiger partial charge in [0.15, 0.2) is 0 Å². The zero-order valence-electron chi connectivity index (χ0n) is 7.70. The number of nitrogens with zero attached hydrogens (tertiary/aromatic N) is 1. The summed E-state index contributed by atoms with van der Waals surface area (Å²) in [6, 6.07) is 8.53. The molecule has 1 aromatic carbocycles. The lowest BCUT2D eigenvalue weighted by Crippen LogP contribution is -1.84. The van der Waals surface area contributed by atoms with Crippen LogP contribution in [0.25, 0.3) is 10.9 Å². The molecule has 1 aliphatic rings. The fourth-order valence-corrected chi connectivity index (χ4v) is 2.10. The molecule has 0 atom stereocenters. The van der Waals surface area contributed by atoms with E-state index in [1.54, 1.807) is 0 Å². The quantitative estimate of drug-likeness (QED) is 0.746. The van der Waals surface area contributed by atoms with Crippen LogP contribution in [0.4, 0.5) is 0 Å². The lowest BCUT2D eigenvalue weighted by molar-refractivity contribution is 1.11. The number of hydrogen-bond acceptors (Lipinski definition) is 1. The highest BCUT2D eigenvalue weighted by Gasteiger charge is 2.23. The molecule has 2 aromatic rings. The molecule has 1 aromatic heterocycles. The van der Waals surface area contributed by atoms with E-state index in [4.69, 9.17) is 0 Å². The second-order valence-electron chi connectivity index (χ2n) is 3.88. The maximum absolute atomic E-state index is 4.47. The van der Waals surface area contributed by atoms with Crippen LogP contribution in [0, 0.1) is 0 Å². The predicted octanol–water partition coefficient (Wildman–Crippen LogP) is 3.87. The van der Waals surface area contributed by atoms with Gasteiger partial charge in [-0.05, 0) is 42.5 Å². The Bertz CT molecular complexity index is 489. The molecule has 0 spiro atoms. The molecule has 1 aliphatic carbocycles. The molecule has 0 saturated heterocycles. The first-order valence-corrected chi connectivity index (χ1v) is 5.67. The van der Waals surface area contributed by atoms with E-state index in [2.05, 4.69) is 45.2 Å². The molecule has 1 nitrogen and oxygen atoms in total. The average molecular weight is 248 g/mol. The first-order valence-electron chi connectivity index (χ1n) is 4.88. The fraction of sp³-hybridized carbons (Fsp3) is 0.250. The molecule has 0 amide bonds. The minimum atomic E-state index is 0.788. The van der Waals surface area contributed by atoms with Crippen molar-refractivity contribution in [2.45, 2.75) is 18.8 Å². The van der Waals surface area contributed by atoms with E-state index in [1.807, 2.05) is 6.20 Å². The Morgan fingerprint density at radius 1 is 1.21 bits per heavy atom. The standard InChI is InChI=1S/C12H10BrN/c13-11-4-3-9-5-10(8-1-2-8)7-14-12(9)6-11/h3-8H,1-2H2. The van der Waals surface area contributed by atoms with Crippen LogP contribution in [-0.4, -0.2) is 4.98 Å². The van der Waals surface area contributed by atoms with Gasteiger partial charge in [0.05, 0.1) is 5.52 Å². The van der Waals surface area contributed by atoms with Gasteiger partial charge in [-0.25, -0.2) is 0 Å². The SMILES string of the molecule is Brc1ccc2cc(C3CC3)cnc2c1. The summed E-state index contributed by atoms with van der Waals surface area (Å²) in [4.78, 5) is 4.47. The van der Waals surface area contributed by atoms with Crippen LogP contribution >= 0.6 is 15.9 Å². The Kier molecular flexibility index (Phi) is 1.84. The number of aromatic nitrogens is 1. The second-order valence-corrected chi connectivity index (χ2v) is 4.80. The third-order valence-electron chi connectivity index (χ3n) is 2.72. The molecule has 14 heavy (non-hydrogen) atoms. The van der Waals surface area contributed by atoms with Crippen LogP contribution in [0.15, 0.2) is 34.9 Å². The summed E-state index contributed by atoms with van der Waals surface area (Å²) in [6.07, 6.45) is 4.69. The van der Waals surface area contributed by atoms with Crippen LogP contribution in [0.2, 0.25) is 0 Å². The first-order chi connectivity index (χ1) is 6.83. The summed E-state index contributed by atoms with van der Waals surface area (Å²) in [5.41, 5.74) is 2.48. The van der Waals surface area contributed by atoms with Crippen molar-refractivity contribution in [1.82, 2.24) is 4.98 Å². The van der Waals surface area contributed by atoms with Gasteiger partial charge in [-0.2, -0.15) is 0 Å². The summed E-state index contributed by atoms with van der Waals surface area (Å²) in [5, 5.41) is 1.25. The zero-order valence-corrected chi connectivity index (χ0v) is 9.29. The van der Waals surface area contributed by atoms with Gasteiger partial charge in [0, 0.05) is 16.1 Å². The minimum Gasteiger partial charge on any atom is -0.256 e. The van der Waals surface area contributed by atoms with E-state index >= 15 is 0 Å². The third-order valence-corrected chi connectivity index (χ3v) is 3.21. The van der Waals surface area contributed by atoms with Gasteiger partial charge in [0.2, 0.25) is 0 Å². The number of rotatable bonds is 1. The van der Waals surface area contributed by atoms with Crippen LogP contribution in [-0.2, 0) is 0 Å². The molecule has 1 fully saturated rings. The lowest BCUT2D eigenvalue weighted by Gasteiger charge is -2.01. The Morgan fingerprint density at radius 3 is 2.86 bits per heavy atom. The maximum Gasteiger partial charge on any atom is 0.0713 e. The summed E-state index contributed by atoms with van der Waals surface area (Å²) >= 11 is 3.45. The van der Waals surface area contributed by atoms with Crippen LogP contribution in [0.1, 0.15) is 24.3 Å². The summed E-state index contributed by atoms with van der Waals surface area (Å²) in [7, 11) is 0. The van der Waals surface area contributed by atoms with Crippen molar-refractivity contribution in [3.8, 4) is 0 Å². The van der Waals surface area contributed by atoms with Crippen molar-refractivity contribution >= 4 is 26.8 Å². The molecule has 0 N–H and O–H groups in total. The molecule has 3 rings (SSSR count). The lowest BCUT2D eigenvalue weighted by atomic mass is 10.1. The molecule has 0 unspecified atom stereocenters. The molecule has 1 heterocycles. The van der Waals surface area contributed by atoms with Gasteiger partial charge in [0.25, 0.3) is 0 Å².